The summed E-state index contributed by atoms with van der Waals surface area (Å²) in [5.41, 5.74) is 2.56. The molecule has 0 aliphatic carbocycles. The molecule has 5 rings (SSSR count). The van der Waals surface area contributed by atoms with Crippen molar-refractivity contribution in [1.82, 2.24) is 15.1 Å². The Morgan fingerprint density at radius 3 is 2.61 bits per heavy atom. The molecule has 1 aliphatic heterocycles. The van der Waals surface area contributed by atoms with E-state index in [1.165, 1.54) is 6.07 Å². The van der Waals surface area contributed by atoms with Crippen LogP contribution in [-0.4, -0.2) is 44.4 Å². The molecule has 0 saturated heterocycles. The highest BCUT2D eigenvalue weighted by Crippen LogP contribution is 2.45. The van der Waals surface area contributed by atoms with Crippen LogP contribution in [0.25, 0.3) is 11.3 Å². The van der Waals surface area contributed by atoms with Gasteiger partial charge in [0.1, 0.15) is 28.6 Å². The average Bonchev–Trinajstić information content (AvgIpc) is 3.36. The fourth-order valence-corrected chi connectivity index (χ4v) is 4.33. The number of aromatic hydroxyl groups is 1. The first-order chi connectivity index (χ1) is 16.1. The normalized spacial score (nSPS) is 15.0. The van der Waals surface area contributed by atoms with Gasteiger partial charge in [-0.3, -0.25) is 9.89 Å². The standard InChI is InChI=1S/C25H20ClN3O4/c26-16-9-10-20(31)19(14-16)22-21-23(28-27-22)25(32)29(11-12-30)24(21)15-5-4-8-18(13-15)33-17-6-2-1-3-7-17/h1-10,13-14,24,30-31H,11-12H2,(H,27,28). The van der Waals surface area contributed by atoms with Crippen LogP contribution < -0.4 is 4.74 Å². The first-order valence-electron chi connectivity index (χ1n) is 10.4. The molecule has 4 aromatic rings. The van der Waals surface area contributed by atoms with Gasteiger partial charge in [0.2, 0.25) is 0 Å². The van der Waals surface area contributed by atoms with E-state index in [1.54, 1.807) is 17.0 Å². The molecule has 0 fully saturated rings. The Hall–Kier alpha value is -3.81. The number of aliphatic hydroxyl groups excluding tert-OH is 1. The number of hydrogen-bond acceptors (Lipinski definition) is 5. The van der Waals surface area contributed by atoms with Crippen molar-refractivity contribution in [3.63, 3.8) is 0 Å². The van der Waals surface area contributed by atoms with Crippen LogP contribution in [0.1, 0.15) is 27.7 Å². The minimum atomic E-state index is -0.536. The van der Waals surface area contributed by atoms with Crippen molar-refractivity contribution in [1.29, 1.82) is 0 Å². The van der Waals surface area contributed by atoms with Crippen LogP contribution in [0, 0.1) is 0 Å². The predicted molar refractivity (Wildman–Crippen MR) is 124 cm³/mol. The van der Waals surface area contributed by atoms with Crippen LogP contribution in [0.2, 0.25) is 5.02 Å². The highest BCUT2D eigenvalue weighted by Gasteiger charge is 2.42. The van der Waals surface area contributed by atoms with Gasteiger partial charge in [-0.15, -0.1) is 0 Å². The molecular formula is C25H20ClN3O4. The number of amides is 1. The number of β-amino-alcohol motifs (C(OH)–C–C–N with tert-alkyl or cyclic N) is 1. The topological polar surface area (TPSA) is 98.7 Å². The van der Waals surface area contributed by atoms with E-state index >= 15 is 0 Å². The summed E-state index contributed by atoms with van der Waals surface area (Å²) >= 11 is 6.17. The summed E-state index contributed by atoms with van der Waals surface area (Å²) in [6.45, 7) is -0.0609. The van der Waals surface area contributed by atoms with Gasteiger partial charge in [-0.2, -0.15) is 5.10 Å². The van der Waals surface area contributed by atoms with Crippen molar-refractivity contribution in [2.45, 2.75) is 6.04 Å². The van der Waals surface area contributed by atoms with Crippen LogP contribution in [0.3, 0.4) is 0 Å². The number of aromatic amines is 1. The lowest BCUT2D eigenvalue weighted by Gasteiger charge is -2.26. The second-order valence-corrected chi connectivity index (χ2v) is 8.07. The second-order valence-electron chi connectivity index (χ2n) is 7.63. The van der Waals surface area contributed by atoms with Gasteiger partial charge in [-0.25, -0.2) is 0 Å². The number of carbonyl (C=O) groups excluding carboxylic acids is 1. The summed E-state index contributed by atoms with van der Waals surface area (Å²) in [6.07, 6.45) is 0. The van der Waals surface area contributed by atoms with Crippen molar-refractivity contribution in [3.8, 4) is 28.5 Å². The Labute approximate surface area is 194 Å². The fourth-order valence-electron chi connectivity index (χ4n) is 4.16. The number of benzene rings is 3. The van der Waals surface area contributed by atoms with E-state index in [4.69, 9.17) is 16.3 Å². The van der Waals surface area contributed by atoms with Crippen molar-refractivity contribution in [2.24, 2.45) is 0 Å². The summed E-state index contributed by atoms with van der Waals surface area (Å²) in [4.78, 5) is 14.7. The molecular weight excluding hydrogens is 442 g/mol. The van der Waals surface area contributed by atoms with Crippen molar-refractivity contribution >= 4 is 17.5 Å². The Bertz CT molecular complexity index is 1320. The number of nitrogens with one attached hydrogen (secondary N) is 1. The minimum Gasteiger partial charge on any atom is -0.507 e. The molecule has 33 heavy (non-hydrogen) atoms. The lowest BCUT2D eigenvalue weighted by atomic mass is 9.95. The third-order valence-corrected chi connectivity index (χ3v) is 5.81. The van der Waals surface area contributed by atoms with Crippen LogP contribution in [0.5, 0.6) is 17.2 Å². The molecule has 0 radical (unpaired) electrons. The number of aromatic nitrogens is 2. The van der Waals surface area contributed by atoms with E-state index in [1.807, 2.05) is 54.6 Å². The molecule has 1 atom stereocenters. The van der Waals surface area contributed by atoms with E-state index in [-0.39, 0.29) is 24.8 Å². The summed E-state index contributed by atoms with van der Waals surface area (Å²) in [5, 5.41) is 27.7. The number of para-hydroxylation sites is 1. The quantitative estimate of drug-likeness (QED) is 0.384. The Morgan fingerprint density at radius 2 is 1.82 bits per heavy atom. The molecule has 0 bridgehead atoms. The van der Waals surface area contributed by atoms with E-state index in [9.17, 15) is 15.0 Å². The number of phenols is 1. The smallest absolute Gasteiger partial charge is 0.273 e. The van der Waals surface area contributed by atoms with E-state index < -0.39 is 6.04 Å². The average molecular weight is 462 g/mol. The summed E-state index contributed by atoms with van der Waals surface area (Å²) in [5.74, 6) is 1.03. The second kappa shape index (κ2) is 8.61. The highest BCUT2D eigenvalue weighted by molar-refractivity contribution is 6.31. The van der Waals surface area contributed by atoms with Crippen molar-refractivity contribution in [2.75, 3.05) is 13.2 Å². The van der Waals surface area contributed by atoms with Gasteiger partial charge in [0, 0.05) is 22.7 Å². The van der Waals surface area contributed by atoms with Crippen molar-refractivity contribution in [3.05, 3.63) is 94.6 Å². The van der Waals surface area contributed by atoms with Gasteiger partial charge in [0.15, 0.2) is 0 Å². The Morgan fingerprint density at radius 1 is 1.03 bits per heavy atom. The zero-order chi connectivity index (χ0) is 22.9. The molecule has 1 amide bonds. The van der Waals surface area contributed by atoms with Crippen LogP contribution in [0.15, 0.2) is 72.8 Å². The van der Waals surface area contributed by atoms with E-state index in [0.717, 1.165) is 5.56 Å². The van der Waals surface area contributed by atoms with Gasteiger partial charge in [-0.05, 0) is 48.0 Å². The van der Waals surface area contributed by atoms with Gasteiger partial charge in [0.25, 0.3) is 5.91 Å². The van der Waals surface area contributed by atoms with E-state index in [2.05, 4.69) is 10.2 Å². The first kappa shape index (κ1) is 21.1. The predicted octanol–water partition coefficient (Wildman–Crippen LogP) is 4.77. The van der Waals surface area contributed by atoms with E-state index in [0.29, 0.717) is 39.0 Å². The third kappa shape index (κ3) is 3.82. The molecule has 1 unspecified atom stereocenters. The molecule has 1 aliphatic rings. The summed E-state index contributed by atoms with van der Waals surface area (Å²) in [6, 6.07) is 21.0. The van der Waals surface area contributed by atoms with Crippen LogP contribution >= 0.6 is 11.6 Å². The first-order valence-corrected chi connectivity index (χ1v) is 10.8. The number of H-pyrrole nitrogens is 1. The number of aliphatic hydroxyl groups is 1. The lowest BCUT2D eigenvalue weighted by molar-refractivity contribution is 0.0706. The molecule has 2 heterocycles. The number of hydrogen-bond donors (Lipinski definition) is 3. The SMILES string of the molecule is O=C1c2[nH]nc(-c3cc(Cl)ccc3O)c2C(c2cccc(Oc3ccccc3)c2)N1CCO. The molecule has 8 heteroatoms. The number of ether oxygens (including phenoxy) is 1. The molecule has 0 saturated carbocycles. The molecule has 0 spiro atoms. The number of halogens is 1. The maximum absolute atomic E-state index is 13.2. The largest absolute Gasteiger partial charge is 0.507 e. The fraction of sp³-hybridized carbons (Fsp3) is 0.120. The zero-order valence-corrected chi connectivity index (χ0v) is 18.2. The van der Waals surface area contributed by atoms with Crippen LogP contribution in [0.4, 0.5) is 0 Å². The highest BCUT2D eigenvalue weighted by atomic mass is 35.5. The van der Waals surface area contributed by atoms with Crippen molar-refractivity contribution < 1.29 is 19.7 Å². The maximum atomic E-state index is 13.2. The number of nitrogens with zero attached hydrogens (tertiary/aromatic N) is 2. The maximum Gasteiger partial charge on any atom is 0.273 e. The minimum absolute atomic E-state index is 0.00155. The summed E-state index contributed by atoms with van der Waals surface area (Å²) in [7, 11) is 0. The zero-order valence-electron chi connectivity index (χ0n) is 17.4. The molecule has 1 aromatic heterocycles. The third-order valence-electron chi connectivity index (χ3n) is 5.57. The number of phenolic OH excluding ortho intramolecular Hbond substituents is 1. The molecule has 166 valence electrons. The van der Waals surface area contributed by atoms with Gasteiger partial charge in [-0.1, -0.05) is 41.9 Å². The van der Waals surface area contributed by atoms with Gasteiger partial charge >= 0.3 is 0 Å². The molecule has 7 nitrogen and oxygen atoms in total. The van der Waals surface area contributed by atoms with Crippen LogP contribution in [-0.2, 0) is 0 Å². The number of rotatable bonds is 6. The summed E-state index contributed by atoms with van der Waals surface area (Å²) < 4.78 is 5.99. The molecule has 3 aromatic carbocycles. The molecule has 3 N–H and O–H groups in total. The Balaban J connectivity index is 1.62. The monoisotopic (exact) mass is 461 g/mol. The van der Waals surface area contributed by atoms with Gasteiger partial charge < -0.3 is 19.8 Å². The Kier molecular flexibility index (Phi) is 5.50. The number of fused-ring (bicyclic) bond motifs is 1. The van der Waals surface area contributed by atoms with Gasteiger partial charge in [0.05, 0.1) is 12.6 Å². The number of carbonyl (C=O) groups is 1. The lowest BCUT2D eigenvalue weighted by Crippen LogP contribution is -2.32.